The van der Waals surface area contributed by atoms with Crippen molar-refractivity contribution in [2.24, 2.45) is 0 Å². The summed E-state index contributed by atoms with van der Waals surface area (Å²) < 4.78 is 10.5. The maximum absolute atomic E-state index is 12.6. The van der Waals surface area contributed by atoms with Crippen LogP contribution in [0.1, 0.15) is 0 Å². The molecule has 0 bridgehead atoms. The maximum Gasteiger partial charge on any atom is 0.332 e. The van der Waals surface area contributed by atoms with Crippen molar-refractivity contribution in [1.82, 2.24) is 0 Å². The Morgan fingerprint density at radius 3 is 2.48 bits per heavy atom. The maximum atomic E-state index is 12.6. The molecule has 4 rings (SSSR count). The van der Waals surface area contributed by atoms with Crippen molar-refractivity contribution < 1.29 is 19.1 Å². The number of urea groups is 1. The Balaban J connectivity index is 1.55. The molecule has 0 saturated heterocycles. The van der Waals surface area contributed by atoms with Crippen molar-refractivity contribution in [3.8, 4) is 22.6 Å². The van der Waals surface area contributed by atoms with Crippen molar-refractivity contribution >= 4 is 23.8 Å². The van der Waals surface area contributed by atoms with Crippen LogP contribution in [0.5, 0.6) is 11.5 Å². The third-order valence-electron chi connectivity index (χ3n) is 4.18. The van der Waals surface area contributed by atoms with Crippen LogP contribution in [0.15, 0.2) is 72.8 Å². The van der Waals surface area contributed by atoms with Crippen molar-refractivity contribution in [3.63, 3.8) is 0 Å². The van der Waals surface area contributed by atoms with Gasteiger partial charge < -0.3 is 14.8 Å². The zero-order chi connectivity index (χ0) is 18.6. The van der Waals surface area contributed by atoms with Crippen LogP contribution in [-0.2, 0) is 4.79 Å². The second kappa shape index (κ2) is 7.21. The molecule has 3 aromatic carbocycles. The predicted molar refractivity (Wildman–Crippen MR) is 102 cm³/mol. The fourth-order valence-electron chi connectivity index (χ4n) is 2.85. The molecule has 0 atom stereocenters. The Hall–Kier alpha value is -3.80. The largest absolute Gasteiger partial charge is 0.454 e. The van der Waals surface area contributed by atoms with E-state index < -0.39 is 6.03 Å². The van der Waals surface area contributed by atoms with Gasteiger partial charge in [-0.05, 0) is 35.4 Å². The highest BCUT2D eigenvalue weighted by Gasteiger charge is 2.20. The summed E-state index contributed by atoms with van der Waals surface area (Å²) in [5, 5.41) is 2.75. The number of anilines is 2. The molecule has 1 N–H and O–H groups in total. The van der Waals surface area contributed by atoms with Crippen molar-refractivity contribution in [1.29, 1.82) is 0 Å². The number of carbonyl (C=O) groups excluding carboxylic acids is 2. The first-order chi connectivity index (χ1) is 13.2. The molecule has 3 amide bonds. The minimum absolute atomic E-state index is 0.123. The van der Waals surface area contributed by atoms with Crippen LogP contribution in [0.3, 0.4) is 0 Å². The van der Waals surface area contributed by atoms with E-state index in [0.29, 0.717) is 29.3 Å². The van der Waals surface area contributed by atoms with E-state index in [9.17, 15) is 9.59 Å². The van der Waals surface area contributed by atoms with E-state index in [0.717, 1.165) is 16.0 Å². The van der Waals surface area contributed by atoms with Crippen LogP contribution in [0.4, 0.5) is 16.2 Å². The number of imide groups is 1. The molecule has 0 saturated carbocycles. The number of nitrogens with one attached hydrogen (secondary N) is 1. The summed E-state index contributed by atoms with van der Waals surface area (Å²) in [5.41, 5.74) is 2.99. The van der Waals surface area contributed by atoms with E-state index in [1.54, 1.807) is 24.3 Å². The number of hydrogen-bond acceptors (Lipinski definition) is 4. The number of fused-ring (bicyclic) bond motifs is 1. The van der Waals surface area contributed by atoms with Gasteiger partial charge in [0.15, 0.2) is 11.5 Å². The topological polar surface area (TPSA) is 67.9 Å². The molecule has 3 aromatic rings. The molecule has 6 heteroatoms. The molecule has 1 aliphatic rings. The smallest absolute Gasteiger partial charge is 0.332 e. The first-order valence-electron chi connectivity index (χ1n) is 8.35. The normalized spacial score (nSPS) is 11.7. The predicted octanol–water partition coefficient (Wildman–Crippen LogP) is 4.28. The Labute approximate surface area is 155 Å². The lowest BCUT2D eigenvalue weighted by atomic mass is 10.1. The third kappa shape index (κ3) is 3.46. The van der Waals surface area contributed by atoms with Gasteiger partial charge in [-0.2, -0.15) is 0 Å². The number of rotatable bonds is 4. The fourth-order valence-corrected chi connectivity index (χ4v) is 2.85. The molecule has 0 aromatic heterocycles. The van der Waals surface area contributed by atoms with Gasteiger partial charge in [-0.25, -0.2) is 9.69 Å². The SMILES string of the molecule is O=CN(C(=O)Nc1cccc(-c2ccccc2)c1)c1ccc2c(c1)OCO2. The molecule has 0 fully saturated rings. The Morgan fingerprint density at radius 1 is 0.889 bits per heavy atom. The van der Waals surface area contributed by atoms with Gasteiger partial charge >= 0.3 is 6.03 Å². The zero-order valence-electron chi connectivity index (χ0n) is 14.3. The summed E-state index contributed by atoms with van der Waals surface area (Å²) in [6.45, 7) is 0.123. The van der Waals surface area contributed by atoms with Gasteiger partial charge in [0.05, 0.1) is 5.69 Å². The van der Waals surface area contributed by atoms with E-state index in [2.05, 4.69) is 5.32 Å². The molecular formula is C21H16N2O4. The summed E-state index contributed by atoms with van der Waals surface area (Å²) >= 11 is 0. The summed E-state index contributed by atoms with van der Waals surface area (Å²) in [6, 6.07) is 21.6. The first-order valence-corrected chi connectivity index (χ1v) is 8.35. The van der Waals surface area contributed by atoms with E-state index in [4.69, 9.17) is 9.47 Å². The highest BCUT2D eigenvalue weighted by molar-refractivity contribution is 6.12. The van der Waals surface area contributed by atoms with Crippen molar-refractivity contribution in [2.75, 3.05) is 17.0 Å². The quantitative estimate of drug-likeness (QED) is 0.705. The number of benzene rings is 3. The van der Waals surface area contributed by atoms with Gasteiger partial charge in [0.1, 0.15) is 0 Å². The van der Waals surface area contributed by atoms with Crippen LogP contribution >= 0.6 is 0 Å². The lowest BCUT2D eigenvalue weighted by molar-refractivity contribution is -0.106. The van der Waals surface area contributed by atoms with Crippen molar-refractivity contribution in [3.05, 3.63) is 72.8 Å². The Kier molecular flexibility index (Phi) is 4.45. The van der Waals surface area contributed by atoms with E-state index >= 15 is 0 Å². The van der Waals surface area contributed by atoms with Gasteiger partial charge in [-0.15, -0.1) is 0 Å². The van der Waals surface area contributed by atoms with Crippen LogP contribution in [0.25, 0.3) is 11.1 Å². The summed E-state index contributed by atoms with van der Waals surface area (Å²) in [4.78, 5) is 25.1. The summed E-state index contributed by atoms with van der Waals surface area (Å²) in [5.74, 6) is 1.08. The summed E-state index contributed by atoms with van der Waals surface area (Å²) in [6.07, 6.45) is 0.466. The average molecular weight is 360 g/mol. The lowest BCUT2D eigenvalue weighted by Crippen LogP contribution is -2.33. The zero-order valence-corrected chi connectivity index (χ0v) is 14.3. The van der Waals surface area contributed by atoms with Gasteiger partial charge in [0.25, 0.3) is 0 Å². The summed E-state index contributed by atoms with van der Waals surface area (Å²) in [7, 11) is 0. The fraction of sp³-hybridized carbons (Fsp3) is 0.0476. The van der Waals surface area contributed by atoms with Gasteiger partial charge in [0, 0.05) is 11.8 Å². The highest BCUT2D eigenvalue weighted by Crippen LogP contribution is 2.35. The van der Waals surface area contributed by atoms with Gasteiger partial charge in [-0.1, -0.05) is 42.5 Å². The van der Waals surface area contributed by atoms with Gasteiger partial charge in [0.2, 0.25) is 13.2 Å². The van der Waals surface area contributed by atoms with Crippen molar-refractivity contribution in [2.45, 2.75) is 0 Å². The van der Waals surface area contributed by atoms with Crippen LogP contribution in [0, 0.1) is 0 Å². The monoisotopic (exact) mass is 360 g/mol. The first kappa shape index (κ1) is 16.7. The van der Waals surface area contributed by atoms with Crippen LogP contribution < -0.4 is 19.7 Å². The van der Waals surface area contributed by atoms with E-state index in [1.165, 1.54) is 0 Å². The Bertz CT molecular complexity index is 988. The molecule has 1 heterocycles. The minimum Gasteiger partial charge on any atom is -0.454 e. The number of nitrogens with zero attached hydrogens (tertiary/aromatic N) is 1. The van der Waals surface area contributed by atoms with E-state index in [-0.39, 0.29) is 6.79 Å². The molecule has 1 aliphatic heterocycles. The number of amides is 3. The molecule has 0 spiro atoms. The molecule has 6 nitrogen and oxygen atoms in total. The lowest BCUT2D eigenvalue weighted by Gasteiger charge is -2.17. The second-order valence-electron chi connectivity index (χ2n) is 5.89. The third-order valence-corrected chi connectivity index (χ3v) is 4.18. The van der Waals surface area contributed by atoms with E-state index in [1.807, 2.05) is 48.5 Å². The minimum atomic E-state index is -0.561. The molecule has 0 aliphatic carbocycles. The average Bonchev–Trinajstić information content (AvgIpc) is 3.17. The van der Waals surface area contributed by atoms with Gasteiger partial charge in [-0.3, -0.25) is 4.79 Å². The second-order valence-corrected chi connectivity index (χ2v) is 5.89. The molecule has 134 valence electrons. The number of ether oxygens (including phenoxy) is 2. The van der Waals surface area contributed by atoms with Crippen LogP contribution in [-0.4, -0.2) is 19.2 Å². The molecule has 27 heavy (non-hydrogen) atoms. The Morgan fingerprint density at radius 2 is 1.67 bits per heavy atom. The highest BCUT2D eigenvalue weighted by atomic mass is 16.7. The standard InChI is InChI=1S/C21H16N2O4/c24-13-23(18-9-10-19-20(12-18)27-14-26-19)21(25)22-17-8-4-7-16(11-17)15-5-2-1-3-6-15/h1-13H,14H2,(H,22,25). The number of hydrogen-bond donors (Lipinski definition) is 1. The molecular weight excluding hydrogens is 344 g/mol. The number of carbonyl (C=O) groups is 2. The van der Waals surface area contributed by atoms with Crippen LogP contribution in [0.2, 0.25) is 0 Å². The molecule has 0 unspecified atom stereocenters. The molecule has 0 radical (unpaired) electrons.